The molecule has 4 aromatic rings. The molecular formula is C22H25N5O. The topological polar surface area (TPSA) is 47.6 Å². The van der Waals surface area contributed by atoms with Crippen molar-refractivity contribution in [1.82, 2.24) is 24.1 Å². The van der Waals surface area contributed by atoms with Crippen molar-refractivity contribution in [3.05, 3.63) is 65.1 Å². The summed E-state index contributed by atoms with van der Waals surface area (Å²) in [7, 11) is 1.79. The number of pyridine rings is 1. The van der Waals surface area contributed by atoms with Gasteiger partial charge in [-0.05, 0) is 43.2 Å². The van der Waals surface area contributed by atoms with E-state index in [-0.39, 0.29) is 0 Å². The van der Waals surface area contributed by atoms with Gasteiger partial charge in [-0.15, -0.1) is 10.2 Å². The summed E-state index contributed by atoms with van der Waals surface area (Å²) in [5.74, 6) is 0.920. The van der Waals surface area contributed by atoms with Gasteiger partial charge in [-0.3, -0.25) is 9.30 Å². The van der Waals surface area contributed by atoms with E-state index >= 15 is 0 Å². The highest BCUT2D eigenvalue weighted by atomic mass is 16.5. The number of ether oxygens (including phenoxy) is 1. The lowest BCUT2D eigenvalue weighted by Crippen LogP contribution is -2.50. The van der Waals surface area contributed by atoms with E-state index in [1.165, 1.54) is 27.9 Å². The molecule has 5 rings (SSSR count). The maximum atomic E-state index is 5.38. The summed E-state index contributed by atoms with van der Waals surface area (Å²) in [5, 5.41) is 8.47. The molecule has 1 aromatic carbocycles. The fourth-order valence-corrected chi connectivity index (χ4v) is 4.25. The van der Waals surface area contributed by atoms with Crippen molar-refractivity contribution in [2.75, 3.05) is 20.2 Å². The highest BCUT2D eigenvalue weighted by Crippen LogP contribution is 2.24. The molecule has 6 heteroatoms. The van der Waals surface area contributed by atoms with Crippen molar-refractivity contribution in [3.8, 4) is 0 Å². The first kappa shape index (κ1) is 17.4. The van der Waals surface area contributed by atoms with Crippen molar-refractivity contribution >= 4 is 16.7 Å². The molecule has 0 unspecified atom stereocenters. The summed E-state index contributed by atoms with van der Waals surface area (Å²) in [6.07, 6.45) is 0.398. The molecule has 0 spiro atoms. The molecule has 1 aliphatic heterocycles. The zero-order valence-electron chi connectivity index (χ0n) is 16.6. The van der Waals surface area contributed by atoms with Gasteiger partial charge in [-0.2, -0.15) is 0 Å². The van der Waals surface area contributed by atoms with Gasteiger partial charge in [0.15, 0.2) is 5.65 Å². The van der Waals surface area contributed by atoms with Gasteiger partial charge in [0.25, 0.3) is 0 Å². The first-order valence-corrected chi connectivity index (χ1v) is 9.76. The molecule has 3 aromatic heterocycles. The number of benzene rings is 1. The lowest BCUT2D eigenvalue weighted by Gasteiger charge is -2.38. The summed E-state index contributed by atoms with van der Waals surface area (Å²) in [6, 6.07) is 15.4. The summed E-state index contributed by atoms with van der Waals surface area (Å²) >= 11 is 0. The molecule has 1 saturated heterocycles. The third-order valence-electron chi connectivity index (χ3n) is 5.80. The Kier molecular flexibility index (Phi) is 4.18. The van der Waals surface area contributed by atoms with E-state index < -0.39 is 0 Å². The van der Waals surface area contributed by atoms with Gasteiger partial charge in [0.2, 0.25) is 0 Å². The van der Waals surface area contributed by atoms with E-state index in [0.717, 1.165) is 37.7 Å². The van der Waals surface area contributed by atoms with Crippen molar-refractivity contribution in [2.24, 2.45) is 0 Å². The van der Waals surface area contributed by atoms with Crippen LogP contribution >= 0.6 is 0 Å². The molecule has 0 saturated carbocycles. The Hall–Kier alpha value is -2.70. The molecule has 1 fully saturated rings. The number of rotatable bonds is 5. The molecule has 4 heterocycles. The van der Waals surface area contributed by atoms with Crippen LogP contribution in [0.15, 0.2) is 42.5 Å². The second-order valence-electron chi connectivity index (χ2n) is 7.79. The molecule has 0 N–H and O–H groups in total. The zero-order valence-corrected chi connectivity index (χ0v) is 16.6. The van der Waals surface area contributed by atoms with Crippen LogP contribution in [0, 0.1) is 13.8 Å². The van der Waals surface area contributed by atoms with Crippen LogP contribution in [0.2, 0.25) is 0 Å². The number of aryl methyl sites for hydroxylation is 2. The fraction of sp³-hybridized carbons (Fsp3) is 0.364. The predicted molar refractivity (Wildman–Crippen MR) is 110 cm³/mol. The number of hydrogen-bond acceptors (Lipinski definition) is 4. The third-order valence-corrected chi connectivity index (χ3v) is 5.80. The Morgan fingerprint density at radius 2 is 1.75 bits per heavy atom. The first-order valence-electron chi connectivity index (χ1n) is 9.76. The summed E-state index contributed by atoms with van der Waals surface area (Å²) < 4.78 is 9.88. The molecule has 6 nitrogen and oxygen atoms in total. The number of aromatic nitrogens is 4. The molecule has 0 bridgehead atoms. The minimum Gasteiger partial charge on any atom is -0.379 e. The van der Waals surface area contributed by atoms with Crippen molar-refractivity contribution < 1.29 is 4.74 Å². The van der Waals surface area contributed by atoms with Crippen LogP contribution in [0.25, 0.3) is 16.7 Å². The highest BCUT2D eigenvalue weighted by molar-refractivity contribution is 5.81. The quantitative estimate of drug-likeness (QED) is 0.538. The Morgan fingerprint density at radius 1 is 0.964 bits per heavy atom. The second-order valence-corrected chi connectivity index (χ2v) is 7.79. The predicted octanol–water partition coefficient (Wildman–Crippen LogP) is 3.18. The van der Waals surface area contributed by atoms with E-state index in [9.17, 15) is 0 Å². The average molecular weight is 375 g/mol. The minimum atomic E-state index is 0.398. The van der Waals surface area contributed by atoms with Crippen LogP contribution in [0.4, 0.5) is 0 Å². The number of methoxy groups -OCH3 is 1. The van der Waals surface area contributed by atoms with Crippen LogP contribution < -0.4 is 0 Å². The van der Waals surface area contributed by atoms with Crippen LogP contribution in [-0.4, -0.2) is 50.4 Å². The van der Waals surface area contributed by atoms with E-state index in [1.54, 1.807) is 7.11 Å². The Bertz CT molecular complexity index is 1150. The minimum absolute atomic E-state index is 0.398. The molecule has 0 amide bonds. The van der Waals surface area contributed by atoms with Gasteiger partial charge in [-0.25, -0.2) is 0 Å². The number of hydrogen-bond donors (Lipinski definition) is 0. The van der Waals surface area contributed by atoms with Gasteiger partial charge >= 0.3 is 0 Å². The SMILES string of the molecule is COC1CN(Cc2cccc(Cn3c(C)cc4c3ccc3nnc(C)n34)c2)C1. The number of nitrogens with zero attached hydrogens (tertiary/aromatic N) is 5. The Labute approximate surface area is 164 Å². The van der Waals surface area contributed by atoms with Crippen molar-refractivity contribution in [2.45, 2.75) is 33.0 Å². The number of fused-ring (bicyclic) bond motifs is 3. The standard InChI is InChI=1S/C22H25N5O/c1-15-9-21-20(7-8-22-24-23-16(2)27(21)22)26(15)12-18-6-4-5-17(10-18)11-25-13-19(14-25)28-3/h4-10,19H,11-14H2,1-3H3. The van der Waals surface area contributed by atoms with Gasteiger partial charge < -0.3 is 9.30 Å². The van der Waals surface area contributed by atoms with Crippen molar-refractivity contribution in [1.29, 1.82) is 0 Å². The molecule has 144 valence electrons. The fourth-order valence-electron chi connectivity index (χ4n) is 4.25. The number of likely N-dealkylation sites (tertiary alicyclic amines) is 1. The molecule has 1 aliphatic rings. The normalized spacial score (nSPS) is 15.5. The van der Waals surface area contributed by atoms with Gasteiger partial charge in [-0.1, -0.05) is 24.3 Å². The van der Waals surface area contributed by atoms with Gasteiger partial charge in [0.1, 0.15) is 5.82 Å². The Morgan fingerprint density at radius 3 is 2.54 bits per heavy atom. The van der Waals surface area contributed by atoms with Crippen LogP contribution in [-0.2, 0) is 17.8 Å². The lowest BCUT2D eigenvalue weighted by atomic mass is 10.1. The Balaban J connectivity index is 1.44. The lowest BCUT2D eigenvalue weighted by molar-refractivity contribution is -0.0334. The van der Waals surface area contributed by atoms with Crippen LogP contribution in [0.1, 0.15) is 22.6 Å². The second kappa shape index (κ2) is 6.72. The van der Waals surface area contributed by atoms with E-state index in [1.807, 2.05) is 13.0 Å². The smallest absolute Gasteiger partial charge is 0.161 e. The van der Waals surface area contributed by atoms with Crippen LogP contribution in [0.5, 0.6) is 0 Å². The van der Waals surface area contributed by atoms with Crippen LogP contribution in [0.3, 0.4) is 0 Å². The van der Waals surface area contributed by atoms with Gasteiger partial charge in [0.05, 0.1) is 17.1 Å². The van der Waals surface area contributed by atoms with Gasteiger partial charge in [0, 0.05) is 39.0 Å². The molecule has 0 atom stereocenters. The third kappa shape index (κ3) is 2.89. The maximum Gasteiger partial charge on any atom is 0.161 e. The van der Waals surface area contributed by atoms with E-state index in [2.05, 4.69) is 67.4 Å². The highest BCUT2D eigenvalue weighted by Gasteiger charge is 2.26. The average Bonchev–Trinajstić information content (AvgIpc) is 3.18. The molecule has 0 aliphatic carbocycles. The largest absolute Gasteiger partial charge is 0.379 e. The zero-order chi connectivity index (χ0) is 19.3. The van der Waals surface area contributed by atoms with E-state index in [4.69, 9.17) is 4.74 Å². The monoisotopic (exact) mass is 375 g/mol. The molecular weight excluding hydrogens is 350 g/mol. The molecule has 0 radical (unpaired) electrons. The summed E-state index contributed by atoms with van der Waals surface area (Å²) in [4.78, 5) is 2.43. The summed E-state index contributed by atoms with van der Waals surface area (Å²) in [5.41, 5.74) is 7.20. The first-order chi connectivity index (χ1) is 13.6. The van der Waals surface area contributed by atoms with Crippen molar-refractivity contribution in [3.63, 3.8) is 0 Å². The summed E-state index contributed by atoms with van der Waals surface area (Å²) in [6.45, 7) is 8.06. The maximum absolute atomic E-state index is 5.38. The van der Waals surface area contributed by atoms with E-state index in [0.29, 0.717) is 6.10 Å². The molecule has 28 heavy (non-hydrogen) atoms.